The number of rotatable bonds is 9. The molecule has 0 saturated carbocycles. The normalized spacial score (nSPS) is 14.8. The molecule has 1 aromatic carbocycles. The van der Waals surface area contributed by atoms with E-state index < -0.39 is 9.84 Å². The molecule has 0 radical (unpaired) electrons. The summed E-state index contributed by atoms with van der Waals surface area (Å²) in [6.07, 6.45) is 1.73. The number of nitrogens with one attached hydrogen (secondary N) is 2. The van der Waals surface area contributed by atoms with Crippen LogP contribution in [0.2, 0.25) is 0 Å². The Balaban J connectivity index is 2.51. The van der Waals surface area contributed by atoms with Crippen molar-refractivity contribution in [1.29, 1.82) is 0 Å². The Labute approximate surface area is 145 Å². The van der Waals surface area contributed by atoms with E-state index in [0.29, 0.717) is 18.9 Å². The van der Waals surface area contributed by atoms with Crippen molar-refractivity contribution in [3.63, 3.8) is 0 Å². The van der Waals surface area contributed by atoms with Crippen LogP contribution < -0.4 is 15.4 Å². The molecule has 0 bridgehead atoms. The van der Waals surface area contributed by atoms with Crippen molar-refractivity contribution < 1.29 is 13.2 Å². The lowest BCUT2D eigenvalue weighted by molar-refractivity contribution is 0.230. The van der Waals surface area contributed by atoms with Gasteiger partial charge >= 0.3 is 0 Å². The molecule has 0 fully saturated rings. The van der Waals surface area contributed by atoms with Gasteiger partial charge in [-0.3, -0.25) is 0 Å². The van der Waals surface area contributed by atoms with Gasteiger partial charge in [-0.2, -0.15) is 0 Å². The molecule has 0 saturated heterocycles. The smallest absolute Gasteiger partial charge is 0.191 e. The number of nitrogens with zero attached hydrogens (tertiary/aromatic N) is 1. The Bertz CT molecular complexity index is 603. The first-order valence-electron chi connectivity index (χ1n) is 8.24. The van der Waals surface area contributed by atoms with Gasteiger partial charge in [0.05, 0.1) is 12.3 Å². The molecular weight excluding hydrogens is 326 g/mol. The molecule has 2 atom stereocenters. The zero-order valence-electron chi connectivity index (χ0n) is 15.0. The Kier molecular flexibility index (Phi) is 8.60. The highest BCUT2D eigenvalue weighted by molar-refractivity contribution is 7.90. The molecule has 7 heteroatoms. The maximum absolute atomic E-state index is 11.2. The van der Waals surface area contributed by atoms with Crippen molar-refractivity contribution in [2.75, 3.05) is 25.1 Å². The second-order valence-corrected chi connectivity index (χ2v) is 8.18. The Morgan fingerprint density at radius 1 is 1.25 bits per heavy atom. The summed E-state index contributed by atoms with van der Waals surface area (Å²) in [5.74, 6) is 1.65. The van der Waals surface area contributed by atoms with Gasteiger partial charge in [-0.25, -0.2) is 13.4 Å². The number of guanidine groups is 1. The lowest BCUT2D eigenvalue weighted by Gasteiger charge is -2.18. The van der Waals surface area contributed by atoms with Gasteiger partial charge in [-0.15, -0.1) is 0 Å². The van der Waals surface area contributed by atoms with Gasteiger partial charge in [-0.05, 0) is 39.3 Å². The Morgan fingerprint density at radius 2 is 1.92 bits per heavy atom. The fourth-order valence-corrected chi connectivity index (χ4v) is 2.79. The molecule has 2 unspecified atom stereocenters. The van der Waals surface area contributed by atoms with Gasteiger partial charge in [0.25, 0.3) is 0 Å². The number of hydrogen-bond acceptors (Lipinski definition) is 4. The predicted molar refractivity (Wildman–Crippen MR) is 99.4 cm³/mol. The number of sulfone groups is 1. The first-order valence-corrected chi connectivity index (χ1v) is 10.3. The highest BCUT2D eigenvalue weighted by atomic mass is 32.2. The van der Waals surface area contributed by atoms with Gasteiger partial charge < -0.3 is 15.4 Å². The van der Waals surface area contributed by atoms with Gasteiger partial charge in [0.2, 0.25) is 0 Å². The van der Waals surface area contributed by atoms with E-state index in [9.17, 15) is 8.42 Å². The monoisotopic (exact) mass is 355 g/mol. The highest BCUT2D eigenvalue weighted by Gasteiger charge is 2.10. The van der Waals surface area contributed by atoms with Crippen LogP contribution >= 0.6 is 0 Å². The summed E-state index contributed by atoms with van der Waals surface area (Å²) in [7, 11) is -2.95. The Hall–Kier alpha value is -1.76. The van der Waals surface area contributed by atoms with E-state index in [1.165, 1.54) is 6.26 Å². The van der Waals surface area contributed by atoms with Crippen molar-refractivity contribution in [3.8, 4) is 5.75 Å². The summed E-state index contributed by atoms with van der Waals surface area (Å²) in [4.78, 5) is 4.51. The molecule has 2 N–H and O–H groups in total. The summed E-state index contributed by atoms with van der Waals surface area (Å²) >= 11 is 0. The average molecular weight is 356 g/mol. The van der Waals surface area contributed by atoms with Gasteiger partial charge in [0, 0.05) is 18.8 Å². The highest BCUT2D eigenvalue weighted by Crippen LogP contribution is 2.10. The molecule has 0 aliphatic carbocycles. The summed E-state index contributed by atoms with van der Waals surface area (Å²) in [5, 5.41) is 6.39. The maximum atomic E-state index is 11.2. The van der Waals surface area contributed by atoms with Crippen LogP contribution in [0.1, 0.15) is 27.2 Å². The number of benzene rings is 1. The molecule has 0 spiro atoms. The van der Waals surface area contributed by atoms with Crippen molar-refractivity contribution in [3.05, 3.63) is 30.3 Å². The topological polar surface area (TPSA) is 79.8 Å². The SMILES string of the molecule is CCNC(=NCC(C)Oc1ccccc1)NC(C)CCS(C)(=O)=O. The fourth-order valence-electron chi connectivity index (χ4n) is 2.00. The molecule has 136 valence electrons. The van der Waals surface area contributed by atoms with Crippen LogP contribution in [0, 0.1) is 0 Å². The van der Waals surface area contributed by atoms with E-state index in [1.54, 1.807) is 0 Å². The van der Waals surface area contributed by atoms with Crippen LogP contribution in [0.15, 0.2) is 35.3 Å². The number of ether oxygens (including phenoxy) is 1. The third kappa shape index (κ3) is 9.39. The van der Waals surface area contributed by atoms with Crippen LogP contribution in [-0.4, -0.2) is 51.6 Å². The summed E-state index contributed by atoms with van der Waals surface area (Å²) < 4.78 is 28.3. The molecule has 0 heterocycles. The van der Waals surface area contributed by atoms with Crippen molar-refractivity contribution in [2.45, 2.75) is 39.3 Å². The molecule has 1 rings (SSSR count). The van der Waals surface area contributed by atoms with Crippen molar-refractivity contribution in [2.24, 2.45) is 4.99 Å². The first kappa shape index (κ1) is 20.3. The van der Waals surface area contributed by atoms with E-state index in [2.05, 4.69) is 15.6 Å². The molecule has 0 amide bonds. The van der Waals surface area contributed by atoms with Crippen LogP contribution in [-0.2, 0) is 9.84 Å². The maximum Gasteiger partial charge on any atom is 0.191 e. The first-order chi connectivity index (χ1) is 11.3. The average Bonchev–Trinajstić information content (AvgIpc) is 2.51. The zero-order chi connectivity index (χ0) is 18.0. The minimum atomic E-state index is -2.95. The third-order valence-electron chi connectivity index (χ3n) is 3.24. The summed E-state index contributed by atoms with van der Waals surface area (Å²) in [6.45, 7) is 7.14. The molecule has 6 nitrogen and oxygen atoms in total. The standard InChI is InChI=1S/C17H29N3O3S/c1-5-18-17(20-14(2)11-12-24(4,21)22)19-13-15(3)23-16-9-7-6-8-10-16/h6-10,14-15H,5,11-13H2,1-4H3,(H2,18,19,20). The van der Waals surface area contributed by atoms with Crippen LogP contribution in [0.3, 0.4) is 0 Å². The minimum absolute atomic E-state index is 0.0165. The van der Waals surface area contributed by atoms with E-state index in [0.717, 1.165) is 12.3 Å². The van der Waals surface area contributed by atoms with Gasteiger partial charge in [0.15, 0.2) is 5.96 Å². The summed E-state index contributed by atoms with van der Waals surface area (Å²) in [5.41, 5.74) is 0. The molecule has 24 heavy (non-hydrogen) atoms. The molecule has 0 aliphatic rings. The fraction of sp³-hybridized carbons (Fsp3) is 0.588. The number of hydrogen-bond donors (Lipinski definition) is 2. The van der Waals surface area contributed by atoms with Crippen LogP contribution in [0.5, 0.6) is 5.75 Å². The van der Waals surface area contributed by atoms with Gasteiger partial charge in [0.1, 0.15) is 21.7 Å². The van der Waals surface area contributed by atoms with E-state index in [-0.39, 0.29) is 17.9 Å². The quantitative estimate of drug-likeness (QED) is 0.522. The van der Waals surface area contributed by atoms with Crippen molar-refractivity contribution in [1.82, 2.24) is 10.6 Å². The van der Waals surface area contributed by atoms with Gasteiger partial charge in [-0.1, -0.05) is 18.2 Å². The molecule has 0 aromatic heterocycles. The second kappa shape index (κ2) is 10.2. The van der Waals surface area contributed by atoms with Crippen LogP contribution in [0.25, 0.3) is 0 Å². The van der Waals surface area contributed by atoms with Crippen LogP contribution in [0.4, 0.5) is 0 Å². The lowest BCUT2D eigenvalue weighted by atomic mass is 10.3. The summed E-state index contributed by atoms with van der Waals surface area (Å²) in [6, 6.07) is 9.65. The Morgan fingerprint density at radius 3 is 2.50 bits per heavy atom. The zero-order valence-corrected chi connectivity index (χ0v) is 15.8. The predicted octanol–water partition coefficient (Wildman–Crippen LogP) is 1.83. The van der Waals surface area contributed by atoms with Crippen molar-refractivity contribution >= 4 is 15.8 Å². The number of para-hydroxylation sites is 1. The van der Waals surface area contributed by atoms with E-state index in [4.69, 9.17) is 4.74 Å². The van der Waals surface area contributed by atoms with E-state index in [1.807, 2.05) is 51.1 Å². The molecular formula is C17H29N3O3S. The second-order valence-electron chi connectivity index (χ2n) is 5.93. The molecule has 1 aromatic rings. The largest absolute Gasteiger partial charge is 0.489 e. The third-order valence-corrected chi connectivity index (χ3v) is 4.21. The number of aliphatic imine (C=N–C) groups is 1. The molecule has 0 aliphatic heterocycles. The van der Waals surface area contributed by atoms with E-state index >= 15 is 0 Å². The minimum Gasteiger partial charge on any atom is -0.489 e. The lowest BCUT2D eigenvalue weighted by Crippen LogP contribution is -2.43.